The monoisotopic (exact) mass is 175 g/mol. The summed E-state index contributed by atoms with van der Waals surface area (Å²) in [6, 6.07) is 0. The summed E-state index contributed by atoms with van der Waals surface area (Å²) >= 11 is 0. The maximum atomic E-state index is 10.8. The van der Waals surface area contributed by atoms with Gasteiger partial charge in [-0.2, -0.15) is 0 Å². The number of aliphatic carboxylic acids is 1. The first-order valence-electron chi connectivity index (χ1n) is 3.73. The number of nitrogens with one attached hydrogen (secondary N) is 1. The normalized spacial score (nSPS) is 9.42. The maximum Gasteiger partial charge on any atom is 0.305 e. The first-order chi connectivity index (χ1) is 5.66. The average Bonchev–Trinajstić information content (AvgIpc) is 2.00. The first-order valence-corrected chi connectivity index (χ1v) is 3.73. The zero-order chi connectivity index (χ0) is 9.40. The van der Waals surface area contributed by atoms with Crippen LogP contribution < -0.4 is 5.32 Å². The summed E-state index contributed by atoms with van der Waals surface area (Å²) < 4.78 is 4.79. The van der Waals surface area contributed by atoms with Crippen molar-refractivity contribution in [2.75, 3.05) is 19.8 Å². The minimum Gasteiger partial charge on any atom is -0.481 e. The number of carboxylic acids is 1. The Morgan fingerprint density at radius 2 is 2.17 bits per heavy atom. The summed E-state index contributed by atoms with van der Waals surface area (Å²) in [5.41, 5.74) is 0. The summed E-state index contributed by atoms with van der Waals surface area (Å²) in [5.74, 6) is -1.20. The van der Waals surface area contributed by atoms with Gasteiger partial charge in [-0.15, -0.1) is 0 Å². The molecular weight excluding hydrogens is 162 g/mol. The highest BCUT2D eigenvalue weighted by molar-refractivity contribution is 5.77. The first kappa shape index (κ1) is 10.9. The van der Waals surface area contributed by atoms with Crippen molar-refractivity contribution < 1.29 is 19.4 Å². The van der Waals surface area contributed by atoms with Crippen molar-refractivity contribution in [2.45, 2.75) is 13.3 Å². The van der Waals surface area contributed by atoms with Crippen LogP contribution in [0.1, 0.15) is 13.3 Å². The summed E-state index contributed by atoms with van der Waals surface area (Å²) in [7, 11) is 0. The second kappa shape index (κ2) is 6.60. The van der Waals surface area contributed by atoms with Gasteiger partial charge in [0, 0.05) is 13.2 Å². The highest BCUT2D eigenvalue weighted by Crippen LogP contribution is 1.77. The van der Waals surface area contributed by atoms with Crippen molar-refractivity contribution in [3.8, 4) is 0 Å². The van der Waals surface area contributed by atoms with E-state index in [2.05, 4.69) is 5.32 Å². The van der Waals surface area contributed by atoms with Crippen molar-refractivity contribution in [1.82, 2.24) is 5.32 Å². The van der Waals surface area contributed by atoms with E-state index in [9.17, 15) is 9.59 Å². The van der Waals surface area contributed by atoms with Gasteiger partial charge in [-0.1, -0.05) is 0 Å². The fourth-order valence-corrected chi connectivity index (χ4v) is 0.555. The molecule has 0 aromatic rings. The minimum absolute atomic E-state index is 0.00385. The molecule has 12 heavy (non-hydrogen) atoms. The molecule has 0 aromatic heterocycles. The Labute approximate surface area is 70.7 Å². The third-order valence-electron chi connectivity index (χ3n) is 1.10. The molecule has 2 N–H and O–H groups in total. The van der Waals surface area contributed by atoms with Crippen LogP contribution in [0, 0.1) is 0 Å². The van der Waals surface area contributed by atoms with E-state index in [1.807, 2.05) is 0 Å². The number of carbonyl (C=O) groups excluding carboxylic acids is 1. The van der Waals surface area contributed by atoms with Crippen LogP contribution in [-0.2, 0) is 14.3 Å². The molecule has 5 heteroatoms. The standard InChI is InChI=1S/C7H13NO4/c1-2-12-5-6(9)8-4-3-7(10)11/h2-5H2,1H3,(H,8,9)(H,10,11). The predicted octanol–water partition coefficient (Wildman–Crippen LogP) is -0.386. The zero-order valence-electron chi connectivity index (χ0n) is 7.00. The smallest absolute Gasteiger partial charge is 0.305 e. The lowest BCUT2D eigenvalue weighted by atomic mass is 10.4. The van der Waals surface area contributed by atoms with Gasteiger partial charge in [0.2, 0.25) is 5.91 Å². The Hall–Kier alpha value is -1.10. The molecule has 0 spiro atoms. The Balaban J connectivity index is 3.25. The van der Waals surface area contributed by atoms with Crippen LogP contribution in [0.3, 0.4) is 0 Å². The van der Waals surface area contributed by atoms with E-state index in [0.717, 1.165) is 0 Å². The van der Waals surface area contributed by atoms with Crippen molar-refractivity contribution in [1.29, 1.82) is 0 Å². The summed E-state index contributed by atoms with van der Waals surface area (Å²) in [6.45, 7) is 2.41. The molecule has 0 heterocycles. The predicted molar refractivity (Wildman–Crippen MR) is 41.8 cm³/mol. The largest absolute Gasteiger partial charge is 0.481 e. The van der Waals surface area contributed by atoms with Gasteiger partial charge < -0.3 is 15.2 Å². The molecular formula is C7H13NO4. The van der Waals surface area contributed by atoms with E-state index in [4.69, 9.17) is 9.84 Å². The molecule has 0 unspecified atom stereocenters. The van der Waals surface area contributed by atoms with Gasteiger partial charge in [0.15, 0.2) is 0 Å². The number of amides is 1. The molecule has 0 saturated carbocycles. The molecule has 0 bridgehead atoms. The van der Waals surface area contributed by atoms with Crippen molar-refractivity contribution in [2.24, 2.45) is 0 Å². The highest BCUT2D eigenvalue weighted by atomic mass is 16.5. The Morgan fingerprint density at radius 3 is 2.67 bits per heavy atom. The van der Waals surface area contributed by atoms with Gasteiger partial charge in [-0.25, -0.2) is 0 Å². The molecule has 0 rings (SSSR count). The molecule has 0 fully saturated rings. The lowest BCUT2D eigenvalue weighted by molar-refractivity contribution is -0.137. The Bertz CT molecular complexity index is 157. The van der Waals surface area contributed by atoms with E-state index < -0.39 is 5.97 Å². The number of ether oxygens (including phenoxy) is 1. The third kappa shape index (κ3) is 7.01. The molecule has 0 atom stereocenters. The molecule has 0 aliphatic heterocycles. The molecule has 0 aliphatic carbocycles. The number of carboxylic acid groups (broad SMARTS) is 1. The quantitative estimate of drug-likeness (QED) is 0.576. The van der Waals surface area contributed by atoms with E-state index in [1.54, 1.807) is 6.92 Å². The fraction of sp³-hybridized carbons (Fsp3) is 0.714. The maximum absolute atomic E-state index is 10.8. The van der Waals surface area contributed by atoms with Crippen LogP contribution in [-0.4, -0.2) is 36.7 Å². The van der Waals surface area contributed by atoms with E-state index in [-0.39, 0.29) is 25.5 Å². The van der Waals surface area contributed by atoms with Crippen LogP contribution in [0.2, 0.25) is 0 Å². The molecule has 0 radical (unpaired) electrons. The van der Waals surface area contributed by atoms with Crippen LogP contribution in [0.5, 0.6) is 0 Å². The Kier molecular flexibility index (Phi) is 6.00. The second-order valence-corrected chi connectivity index (χ2v) is 2.13. The minimum atomic E-state index is -0.924. The molecule has 0 aromatic carbocycles. The molecule has 70 valence electrons. The van der Waals surface area contributed by atoms with Crippen molar-refractivity contribution >= 4 is 11.9 Å². The van der Waals surface area contributed by atoms with Crippen molar-refractivity contribution in [3.63, 3.8) is 0 Å². The van der Waals surface area contributed by atoms with E-state index in [1.165, 1.54) is 0 Å². The van der Waals surface area contributed by atoms with Gasteiger partial charge >= 0.3 is 5.97 Å². The van der Waals surface area contributed by atoms with E-state index >= 15 is 0 Å². The van der Waals surface area contributed by atoms with Crippen LogP contribution in [0.15, 0.2) is 0 Å². The lowest BCUT2D eigenvalue weighted by Gasteiger charge is -2.02. The fourth-order valence-electron chi connectivity index (χ4n) is 0.555. The number of hydrogen-bond donors (Lipinski definition) is 2. The third-order valence-corrected chi connectivity index (χ3v) is 1.10. The SMILES string of the molecule is CCOCC(=O)NCCC(=O)O. The van der Waals surface area contributed by atoms with Gasteiger partial charge in [0.05, 0.1) is 6.42 Å². The van der Waals surface area contributed by atoms with Gasteiger partial charge in [0.25, 0.3) is 0 Å². The zero-order valence-corrected chi connectivity index (χ0v) is 7.00. The van der Waals surface area contributed by atoms with Crippen LogP contribution in [0.4, 0.5) is 0 Å². The van der Waals surface area contributed by atoms with Crippen molar-refractivity contribution in [3.05, 3.63) is 0 Å². The second-order valence-electron chi connectivity index (χ2n) is 2.13. The Morgan fingerprint density at radius 1 is 1.50 bits per heavy atom. The number of hydrogen-bond acceptors (Lipinski definition) is 3. The highest BCUT2D eigenvalue weighted by Gasteiger charge is 2.01. The van der Waals surface area contributed by atoms with Gasteiger partial charge in [-0.3, -0.25) is 9.59 Å². The van der Waals surface area contributed by atoms with Crippen LogP contribution in [0.25, 0.3) is 0 Å². The average molecular weight is 175 g/mol. The number of carbonyl (C=O) groups is 2. The van der Waals surface area contributed by atoms with E-state index in [0.29, 0.717) is 6.61 Å². The summed E-state index contributed by atoms with van der Waals surface area (Å²) in [4.78, 5) is 20.8. The van der Waals surface area contributed by atoms with Crippen LogP contribution >= 0.6 is 0 Å². The summed E-state index contributed by atoms with van der Waals surface area (Å²) in [6.07, 6.45) is -0.0577. The molecule has 0 saturated heterocycles. The molecule has 0 aliphatic rings. The summed E-state index contributed by atoms with van der Waals surface area (Å²) in [5, 5.41) is 10.6. The molecule has 1 amide bonds. The molecule has 5 nitrogen and oxygen atoms in total. The van der Waals surface area contributed by atoms with Gasteiger partial charge in [-0.05, 0) is 6.92 Å². The number of rotatable bonds is 6. The topological polar surface area (TPSA) is 75.6 Å². The lowest BCUT2D eigenvalue weighted by Crippen LogP contribution is -2.29. The van der Waals surface area contributed by atoms with Gasteiger partial charge in [0.1, 0.15) is 6.61 Å².